The Morgan fingerprint density at radius 2 is 1.78 bits per heavy atom. The van der Waals surface area contributed by atoms with Gasteiger partial charge in [-0.3, -0.25) is 0 Å². The molecule has 0 radical (unpaired) electrons. The minimum atomic E-state index is -4.64. The Morgan fingerprint density at radius 3 is 2.38 bits per heavy atom. The summed E-state index contributed by atoms with van der Waals surface area (Å²) >= 11 is 0. The Labute approximate surface area is 261 Å². The number of aromatic nitrogens is 3. The lowest BCUT2D eigenvalue weighted by Gasteiger charge is -2.30. The highest BCUT2D eigenvalue weighted by atomic mass is 32.2. The summed E-state index contributed by atoms with van der Waals surface area (Å²) in [5, 5.41) is 9.45. The number of halogens is 3. The summed E-state index contributed by atoms with van der Waals surface area (Å²) in [5.74, 6) is 1.17. The van der Waals surface area contributed by atoms with E-state index in [4.69, 9.17) is 14.5 Å². The van der Waals surface area contributed by atoms with Crippen molar-refractivity contribution in [3.05, 3.63) is 65.1 Å². The van der Waals surface area contributed by atoms with Crippen molar-refractivity contribution in [1.82, 2.24) is 15.0 Å². The van der Waals surface area contributed by atoms with Crippen molar-refractivity contribution in [2.45, 2.75) is 51.9 Å². The average Bonchev–Trinajstić information content (AvgIpc) is 3.52. The Kier molecular flexibility index (Phi) is 11.1. The van der Waals surface area contributed by atoms with Crippen molar-refractivity contribution in [1.29, 1.82) is 5.26 Å². The molecule has 1 aromatic carbocycles. The molecule has 45 heavy (non-hydrogen) atoms. The van der Waals surface area contributed by atoms with Gasteiger partial charge in [0.15, 0.2) is 15.6 Å². The van der Waals surface area contributed by atoms with Gasteiger partial charge in [0.2, 0.25) is 11.8 Å². The maximum atomic E-state index is 13.7. The fourth-order valence-corrected chi connectivity index (χ4v) is 5.75. The van der Waals surface area contributed by atoms with Crippen molar-refractivity contribution in [3.63, 3.8) is 0 Å². The van der Waals surface area contributed by atoms with Gasteiger partial charge in [0.25, 0.3) is 0 Å². The van der Waals surface area contributed by atoms with E-state index in [9.17, 15) is 26.9 Å². The average molecular weight is 647 g/mol. The van der Waals surface area contributed by atoms with E-state index in [0.717, 1.165) is 50.0 Å². The molecular formula is C31H37F3N6O4S. The van der Waals surface area contributed by atoms with Gasteiger partial charge in [0, 0.05) is 32.0 Å². The number of hydrogen-bond donors (Lipinski definition) is 0. The second kappa shape index (κ2) is 14.8. The van der Waals surface area contributed by atoms with Crippen molar-refractivity contribution in [2.75, 3.05) is 48.6 Å². The van der Waals surface area contributed by atoms with Crippen molar-refractivity contribution in [2.24, 2.45) is 5.92 Å². The summed E-state index contributed by atoms with van der Waals surface area (Å²) in [6, 6.07) is 8.77. The maximum Gasteiger partial charge on any atom is 0.416 e. The molecule has 0 amide bonds. The number of methoxy groups -OCH3 is 1. The molecule has 2 heterocycles. The number of nitrogens with zero attached hydrogens (tertiary/aromatic N) is 6. The summed E-state index contributed by atoms with van der Waals surface area (Å²) in [6.07, 6.45) is 3.94. The number of anilines is 2. The van der Waals surface area contributed by atoms with Gasteiger partial charge in [-0.05, 0) is 55.5 Å². The molecule has 0 saturated heterocycles. The van der Waals surface area contributed by atoms with Crippen LogP contribution in [0.2, 0.25) is 0 Å². The molecule has 10 nitrogen and oxygen atoms in total. The molecule has 1 fully saturated rings. The van der Waals surface area contributed by atoms with Crippen molar-refractivity contribution >= 4 is 21.5 Å². The molecule has 1 aliphatic rings. The largest absolute Gasteiger partial charge is 0.489 e. The first kappa shape index (κ1) is 33.8. The number of ether oxygens (including phenoxy) is 2. The van der Waals surface area contributed by atoms with Crippen LogP contribution in [0.1, 0.15) is 55.0 Å². The number of rotatable bonds is 14. The zero-order valence-corrected chi connectivity index (χ0v) is 26.4. The van der Waals surface area contributed by atoms with Crippen LogP contribution in [0.25, 0.3) is 0 Å². The fourth-order valence-electron chi connectivity index (χ4n) is 5.36. The lowest BCUT2D eigenvalue weighted by Crippen LogP contribution is -2.31. The van der Waals surface area contributed by atoms with Gasteiger partial charge in [0.05, 0.1) is 60.4 Å². The summed E-state index contributed by atoms with van der Waals surface area (Å²) in [4.78, 5) is 17.5. The highest BCUT2D eigenvalue weighted by molar-refractivity contribution is 7.90. The molecule has 1 aliphatic carbocycles. The van der Waals surface area contributed by atoms with Crippen LogP contribution in [0.5, 0.6) is 11.6 Å². The number of hydrogen-bond acceptors (Lipinski definition) is 10. The van der Waals surface area contributed by atoms with E-state index in [1.165, 1.54) is 38.4 Å². The van der Waals surface area contributed by atoms with Crippen LogP contribution in [0.4, 0.5) is 24.8 Å². The molecule has 2 aromatic heterocycles. The third kappa shape index (κ3) is 9.68. The van der Waals surface area contributed by atoms with Crippen LogP contribution >= 0.6 is 0 Å². The maximum absolute atomic E-state index is 13.7. The molecule has 0 bridgehead atoms. The quantitative estimate of drug-likeness (QED) is 0.225. The molecule has 0 atom stereocenters. The SMILES string of the molecule is CCN(CC1CCCC1)c1ccc(OC)nc1CN(Cc1cc(C#N)cc(C(F)(F)F)c1)c1ncc(OCCS(C)(=O)=O)cn1. The van der Waals surface area contributed by atoms with E-state index in [1.807, 2.05) is 12.1 Å². The van der Waals surface area contributed by atoms with Crippen LogP contribution in [0.3, 0.4) is 0 Å². The minimum Gasteiger partial charge on any atom is -0.489 e. The highest BCUT2D eigenvalue weighted by Gasteiger charge is 2.31. The highest BCUT2D eigenvalue weighted by Crippen LogP contribution is 2.33. The number of pyridine rings is 1. The van der Waals surface area contributed by atoms with Gasteiger partial charge in [0.1, 0.15) is 6.61 Å². The van der Waals surface area contributed by atoms with Crippen LogP contribution in [0.15, 0.2) is 42.7 Å². The normalized spacial score (nSPS) is 13.8. The lowest BCUT2D eigenvalue weighted by atomic mass is 10.0. The summed E-state index contributed by atoms with van der Waals surface area (Å²) in [7, 11) is -1.72. The predicted molar refractivity (Wildman–Crippen MR) is 164 cm³/mol. The van der Waals surface area contributed by atoms with Crippen LogP contribution < -0.4 is 19.3 Å². The van der Waals surface area contributed by atoms with E-state index in [2.05, 4.69) is 21.8 Å². The Bertz CT molecular complexity index is 1590. The summed E-state index contributed by atoms with van der Waals surface area (Å²) in [5.41, 5.74) is 0.683. The molecule has 0 N–H and O–H groups in total. The molecule has 242 valence electrons. The first-order valence-corrected chi connectivity index (χ1v) is 16.7. The van der Waals surface area contributed by atoms with Crippen molar-refractivity contribution in [3.8, 4) is 17.7 Å². The summed E-state index contributed by atoms with van der Waals surface area (Å²) < 4.78 is 75.0. The van der Waals surface area contributed by atoms with Gasteiger partial charge in [-0.25, -0.2) is 23.4 Å². The van der Waals surface area contributed by atoms with E-state index >= 15 is 0 Å². The Hall–Kier alpha value is -4.12. The van der Waals surface area contributed by atoms with Gasteiger partial charge in [-0.2, -0.15) is 18.4 Å². The lowest BCUT2D eigenvalue weighted by molar-refractivity contribution is -0.137. The molecule has 0 aliphatic heterocycles. The van der Waals surface area contributed by atoms with E-state index < -0.39 is 21.6 Å². The zero-order valence-electron chi connectivity index (χ0n) is 25.5. The standard InChI is InChI=1S/C31H37F3N6O4S/c1-4-39(19-22-7-5-6-8-22)28-9-10-29(43-2)38-27(28)21-40(20-24-13-23(16-35)14-25(15-24)31(32,33)34)30-36-17-26(18-37-30)44-11-12-45(3,41)42/h9-10,13-15,17-18,22H,4-8,11-12,19-21H2,1-3H3. The molecule has 14 heteroatoms. The number of alkyl halides is 3. The molecule has 1 saturated carbocycles. The van der Waals surface area contributed by atoms with Gasteiger partial charge in [-0.1, -0.05) is 12.8 Å². The predicted octanol–water partition coefficient (Wildman–Crippen LogP) is 5.42. The van der Waals surface area contributed by atoms with Gasteiger partial charge in [-0.15, -0.1) is 0 Å². The second-order valence-electron chi connectivity index (χ2n) is 11.1. The van der Waals surface area contributed by atoms with Crippen LogP contribution in [0, 0.1) is 17.2 Å². The second-order valence-corrected chi connectivity index (χ2v) is 13.3. The van der Waals surface area contributed by atoms with Crippen molar-refractivity contribution < 1.29 is 31.1 Å². The first-order valence-electron chi connectivity index (χ1n) is 14.7. The fraction of sp³-hybridized carbons (Fsp3) is 0.484. The number of nitriles is 1. The molecule has 3 aromatic rings. The smallest absolute Gasteiger partial charge is 0.416 e. The number of benzene rings is 1. The zero-order chi connectivity index (χ0) is 32.6. The van der Waals surface area contributed by atoms with Gasteiger partial charge < -0.3 is 19.3 Å². The first-order chi connectivity index (χ1) is 21.4. The molecule has 0 spiro atoms. The van der Waals surface area contributed by atoms with Crippen LogP contribution in [-0.2, 0) is 29.1 Å². The minimum absolute atomic E-state index is 0.0695. The monoisotopic (exact) mass is 646 g/mol. The van der Waals surface area contributed by atoms with E-state index in [1.54, 1.807) is 11.0 Å². The summed E-state index contributed by atoms with van der Waals surface area (Å²) in [6.45, 7) is 3.61. The Morgan fingerprint density at radius 1 is 1.07 bits per heavy atom. The molecule has 4 rings (SSSR count). The third-order valence-electron chi connectivity index (χ3n) is 7.59. The Balaban J connectivity index is 1.71. The van der Waals surface area contributed by atoms with Crippen LogP contribution in [-0.4, -0.2) is 62.2 Å². The van der Waals surface area contributed by atoms with E-state index in [-0.39, 0.29) is 48.3 Å². The van der Waals surface area contributed by atoms with E-state index in [0.29, 0.717) is 17.5 Å². The topological polar surface area (TPSA) is 122 Å². The van der Waals surface area contributed by atoms with Gasteiger partial charge >= 0.3 is 6.18 Å². The third-order valence-corrected chi connectivity index (χ3v) is 8.50. The molecule has 0 unspecified atom stereocenters. The number of sulfone groups is 1. The molecular weight excluding hydrogens is 609 g/mol.